The van der Waals surface area contributed by atoms with Gasteiger partial charge in [0.2, 0.25) is 5.91 Å². The molecule has 1 aliphatic carbocycles. The molecule has 0 aromatic carbocycles. The van der Waals surface area contributed by atoms with Crippen molar-refractivity contribution < 1.29 is 4.79 Å². The van der Waals surface area contributed by atoms with Gasteiger partial charge < -0.3 is 9.80 Å². The van der Waals surface area contributed by atoms with Crippen LogP contribution in [0.3, 0.4) is 0 Å². The highest BCUT2D eigenvalue weighted by Crippen LogP contribution is 2.28. The summed E-state index contributed by atoms with van der Waals surface area (Å²) in [5.41, 5.74) is 0. The van der Waals surface area contributed by atoms with E-state index >= 15 is 0 Å². The van der Waals surface area contributed by atoms with Gasteiger partial charge in [-0.25, -0.2) is 0 Å². The Labute approximate surface area is 148 Å². The van der Waals surface area contributed by atoms with Crippen molar-refractivity contribution in [1.82, 2.24) is 14.7 Å². The van der Waals surface area contributed by atoms with Crippen LogP contribution in [-0.2, 0) is 4.79 Å². The van der Waals surface area contributed by atoms with Crippen LogP contribution in [-0.4, -0.2) is 73.0 Å². The van der Waals surface area contributed by atoms with E-state index in [1.165, 1.54) is 71.1 Å². The Hall–Kier alpha value is -0.610. The molecule has 0 bridgehead atoms. The molecule has 0 unspecified atom stereocenters. The first-order valence-corrected chi connectivity index (χ1v) is 10.3. The van der Waals surface area contributed by atoms with E-state index in [0.717, 1.165) is 25.4 Å². The second-order valence-electron chi connectivity index (χ2n) is 8.64. The summed E-state index contributed by atoms with van der Waals surface area (Å²) < 4.78 is 0. The standard InChI is InChI=1S/C20H37N3O/c1-17-15-21(2)12-13-23(17)16-19-8-10-22(11-9-19)20(24)14-18-6-4-3-5-7-18/h17-19H,3-16H2,1-2H3/t17-/m1/s1. The van der Waals surface area contributed by atoms with Crippen LogP contribution >= 0.6 is 0 Å². The van der Waals surface area contributed by atoms with E-state index in [0.29, 0.717) is 17.9 Å². The first-order chi connectivity index (χ1) is 11.6. The fourth-order valence-electron chi connectivity index (χ4n) is 4.91. The van der Waals surface area contributed by atoms with Gasteiger partial charge in [-0.05, 0) is 51.5 Å². The quantitative estimate of drug-likeness (QED) is 0.790. The predicted octanol–water partition coefficient (Wildman–Crippen LogP) is 2.83. The van der Waals surface area contributed by atoms with Gasteiger partial charge >= 0.3 is 0 Å². The zero-order valence-electron chi connectivity index (χ0n) is 15.9. The number of piperidine rings is 1. The molecule has 0 aromatic rings. The number of amides is 1. The van der Waals surface area contributed by atoms with E-state index in [1.54, 1.807) is 0 Å². The third-order valence-corrected chi connectivity index (χ3v) is 6.62. The van der Waals surface area contributed by atoms with Crippen LogP contribution in [0.15, 0.2) is 0 Å². The number of hydrogen-bond donors (Lipinski definition) is 0. The molecular weight excluding hydrogens is 298 g/mol. The molecule has 2 aliphatic heterocycles. The molecule has 0 radical (unpaired) electrons. The molecule has 2 saturated heterocycles. The minimum atomic E-state index is 0.438. The molecule has 2 heterocycles. The maximum absolute atomic E-state index is 12.6. The summed E-state index contributed by atoms with van der Waals surface area (Å²) in [6.07, 6.45) is 9.84. The van der Waals surface area contributed by atoms with Crippen molar-refractivity contribution in [2.24, 2.45) is 11.8 Å². The maximum atomic E-state index is 12.6. The van der Waals surface area contributed by atoms with Gasteiger partial charge in [0, 0.05) is 51.7 Å². The Morgan fingerprint density at radius 3 is 2.29 bits per heavy atom. The largest absolute Gasteiger partial charge is 0.343 e. The molecule has 4 nitrogen and oxygen atoms in total. The van der Waals surface area contributed by atoms with Crippen LogP contribution in [0.4, 0.5) is 0 Å². The smallest absolute Gasteiger partial charge is 0.222 e. The van der Waals surface area contributed by atoms with Crippen molar-refractivity contribution in [1.29, 1.82) is 0 Å². The maximum Gasteiger partial charge on any atom is 0.222 e. The van der Waals surface area contributed by atoms with Crippen LogP contribution in [0.25, 0.3) is 0 Å². The zero-order valence-corrected chi connectivity index (χ0v) is 15.9. The van der Waals surface area contributed by atoms with Gasteiger partial charge in [-0.1, -0.05) is 19.3 Å². The molecule has 4 heteroatoms. The highest BCUT2D eigenvalue weighted by atomic mass is 16.2. The van der Waals surface area contributed by atoms with Gasteiger partial charge in [-0.2, -0.15) is 0 Å². The molecule has 0 N–H and O–H groups in total. The molecule has 3 aliphatic rings. The average molecular weight is 336 g/mol. The number of likely N-dealkylation sites (tertiary alicyclic amines) is 1. The molecule has 138 valence electrons. The van der Waals surface area contributed by atoms with Crippen LogP contribution in [0, 0.1) is 11.8 Å². The number of hydrogen-bond acceptors (Lipinski definition) is 3. The third kappa shape index (κ3) is 4.95. The predicted molar refractivity (Wildman–Crippen MR) is 99.0 cm³/mol. The van der Waals surface area contributed by atoms with E-state index in [2.05, 4.69) is 28.7 Å². The second kappa shape index (κ2) is 8.66. The zero-order chi connectivity index (χ0) is 16.9. The fraction of sp³-hybridized carbons (Fsp3) is 0.950. The Kier molecular flexibility index (Phi) is 6.56. The van der Waals surface area contributed by atoms with Crippen LogP contribution < -0.4 is 0 Å². The minimum absolute atomic E-state index is 0.438. The van der Waals surface area contributed by atoms with Gasteiger partial charge in [-0.15, -0.1) is 0 Å². The Morgan fingerprint density at radius 1 is 0.917 bits per heavy atom. The van der Waals surface area contributed by atoms with Crippen molar-refractivity contribution in [2.75, 3.05) is 46.3 Å². The summed E-state index contributed by atoms with van der Waals surface area (Å²) in [5.74, 6) is 1.90. The highest BCUT2D eigenvalue weighted by Gasteiger charge is 2.28. The van der Waals surface area contributed by atoms with Crippen molar-refractivity contribution in [3.05, 3.63) is 0 Å². The summed E-state index contributed by atoms with van der Waals surface area (Å²) in [4.78, 5) is 19.8. The summed E-state index contributed by atoms with van der Waals surface area (Å²) in [7, 11) is 2.23. The van der Waals surface area contributed by atoms with Gasteiger partial charge in [0.25, 0.3) is 0 Å². The normalized spacial score (nSPS) is 29.1. The van der Waals surface area contributed by atoms with E-state index in [1.807, 2.05) is 0 Å². The molecule has 24 heavy (non-hydrogen) atoms. The molecule has 1 saturated carbocycles. The van der Waals surface area contributed by atoms with Gasteiger partial charge in [0.05, 0.1) is 0 Å². The summed E-state index contributed by atoms with van der Waals surface area (Å²) in [6, 6.07) is 0.676. The number of piperazine rings is 1. The molecule has 3 fully saturated rings. The lowest BCUT2D eigenvalue weighted by Crippen LogP contribution is -2.52. The van der Waals surface area contributed by atoms with Gasteiger partial charge in [0.15, 0.2) is 0 Å². The SMILES string of the molecule is C[C@@H]1CN(C)CCN1CC1CCN(C(=O)CC2CCCCC2)CC1. The number of likely N-dealkylation sites (N-methyl/N-ethyl adjacent to an activating group) is 1. The first kappa shape index (κ1) is 18.2. The molecule has 0 aromatic heterocycles. The van der Waals surface area contributed by atoms with E-state index < -0.39 is 0 Å². The van der Waals surface area contributed by atoms with Gasteiger partial charge in [0.1, 0.15) is 0 Å². The van der Waals surface area contributed by atoms with E-state index in [9.17, 15) is 4.79 Å². The van der Waals surface area contributed by atoms with E-state index in [-0.39, 0.29) is 0 Å². The van der Waals surface area contributed by atoms with E-state index in [4.69, 9.17) is 0 Å². The van der Waals surface area contributed by atoms with Crippen LogP contribution in [0.1, 0.15) is 58.3 Å². The molecule has 1 amide bonds. The summed E-state index contributed by atoms with van der Waals surface area (Å²) >= 11 is 0. The minimum Gasteiger partial charge on any atom is -0.343 e. The molecular formula is C20H37N3O. The lowest BCUT2D eigenvalue weighted by atomic mass is 9.86. The van der Waals surface area contributed by atoms with Gasteiger partial charge in [-0.3, -0.25) is 9.69 Å². The van der Waals surface area contributed by atoms with Crippen molar-refractivity contribution in [3.8, 4) is 0 Å². The Bertz CT molecular complexity index is 400. The van der Waals surface area contributed by atoms with Crippen molar-refractivity contribution in [3.63, 3.8) is 0 Å². The topological polar surface area (TPSA) is 26.8 Å². The summed E-state index contributed by atoms with van der Waals surface area (Å²) in [5, 5.41) is 0. The number of rotatable bonds is 4. The lowest BCUT2D eigenvalue weighted by molar-refractivity contribution is -0.134. The first-order valence-electron chi connectivity index (χ1n) is 10.3. The monoisotopic (exact) mass is 335 g/mol. The van der Waals surface area contributed by atoms with Crippen molar-refractivity contribution >= 4 is 5.91 Å². The Morgan fingerprint density at radius 2 is 1.62 bits per heavy atom. The fourth-order valence-corrected chi connectivity index (χ4v) is 4.91. The average Bonchev–Trinajstić information content (AvgIpc) is 2.59. The number of carbonyl (C=O) groups is 1. The third-order valence-electron chi connectivity index (χ3n) is 6.62. The number of nitrogens with zero attached hydrogens (tertiary/aromatic N) is 3. The lowest BCUT2D eigenvalue weighted by Gasteiger charge is -2.41. The van der Waals surface area contributed by atoms with Crippen molar-refractivity contribution in [2.45, 2.75) is 64.3 Å². The van der Waals surface area contributed by atoms with Crippen LogP contribution in [0.2, 0.25) is 0 Å². The summed E-state index contributed by atoms with van der Waals surface area (Å²) in [6.45, 7) is 9.19. The number of carbonyl (C=O) groups excluding carboxylic acids is 1. The molecule has 0 spiro atoms. The highest BCUT2D eigenvalue weighted by molar-refractivity contribution is 5.76. The second-order valence-corrected chi connectivity index (χ2v) is 8.64. The Balaban J connectivity index is 1.38. The van der Waals surface area contributed by atoms with Crippen LogP contribution in [0.5, 0.6) is 0 Å². The molecule has 3 rings (SSSR count). The molecule has 1 atom stereocenters.